The van der Waals surface area contributed by atoms with Crippen molar-refractivity contribution in [2.75, 3.05) is 7.05 Å². The summed E-state index contributed by atoms with van der Waals surface area (Å²) < 4.78 is 31.6. The van der Waals surface area contributed by atoms with Crippen LogP contribution in [0.3, 0.4) is 0 Å². The molecule has 0 spiro atoms. The van der Waals surface area contributed by atoms with Crippen LogP contribution in [0.5, 0.6) is 0 Å². The van der Waals surface area contributed by atoms with Crippen LogP contribution in [0.15, 0.2) is 44.2 Å². The largest absolute Gasteiger partial charge is 0.361 e. The minimum Gasteiger partial charge on any atom is -0.361 e. The van der Waals surface area contributed by atoms with E-state index in [2.05, 4.69) is 21.1 Å². The van der Waals surface area contributed by atoms with Crippen LogP contribution in [0, 0.1) is 6.92 Å². The number of sulfonamides is 1. The third kappa shape index (κ3) is 3.23. The van der Waals surface area contributed by atoms with Gasteiger partial charge in [-0.15, -0.1) is 0 Å². The van der Waals surface area contributed by atoms with Gasteiger partial charge in [-0.2, -0.15) is 4.31 Å². The van der Waals surface area contributed by atoms with Gasteiger partial charge in [-0.25, -0.2) is 8.42 Å². The van der Waals surface area contributed by atoms with Gasteiger partial charge in [-0.3, -0.25) is 0 Å². The minimum atomic E-state index is -3.51. The molecule has 0 unspecified atom stereocenters. The van der Waals surface area contributed by atoms with Gasteiger partial charge < -0.3 is 4.52 Å². The standard InChI is InChI=1S/C12H13BrN2O3S/c1-9-7-11(14-18-9)8-15(2)19(16,17)12-5-3-10(13)4-6-12/h3-7H,8H2,1-2H3. The van der Waals surface area contributed by atoms with Crippen molar-refractivity contribution in [1.82, 2.24) is 9.46 Å². The number of benzene rings is 1. The molecule has 0 bridgehead atoms. The van der Waals surface area contributed by atoms with E-state index in [1.54, 1.807) is 37.3 Å². The smallest absolute Gasteiger partial charge is 0.243 e. The van der Waals surface area contributed by atoms with Crippen molar-refractivity contribution in [2.45, 2.75) is 18.4 Å². The first-order chi connectivity index (χ1) is 8.89. The summed E-state index contributed by atoms with van der Waals surface area (Å²) in [6.07, 6.45) is 0. The van der Waals surface area contributed by atoms with Crippen LogP contribution < -0.4 is 0 Å². The maximum Gasteiger partial charge on any atom is 0.243 e. The van der Waals surface area contributed by atoms with E-state index in [-0.39, 0.29) is 11.4 Å². The minimum absolute atomic E-state index is 0.176. The van der Waals surface area contributed by atoms with Gasteiger partial charge in [0.25, 0.3) is 0 Å². The van der Waals surface area contributed by atoms with E-state index < -0.39 is 10.0 Å². The van der Waals surface area contributed by atoms with Crippen LogP contribution in [0.4, 0.5) is 0 Å². The predicted octanol–water partition coefficient (Wildman–Crippen LogP) is 2.57. The van der Waals surface area contributed by atoms with Crippen molar-refractivity contribution >= 4 is 26.0 Å². The lowest BCUT2D eigenvalue weighted by atomic mass is 10.4. The number of nitrogens with zero attached hydrogens (tertiary/aromatic N) is 2. The Morgan fingerprint density at radius 3 is 2.47 bits per heavy atom. The monoisotopic (exact) mass is 344 g/mol. The van der Waals surface area contributed by atoms with E-state index in [0.29, 0.717) is 11.5 Å². The van der Waals surface area contributed by atoms with E-state index in [9.17, 15) is 8.42 Å². The summed E-state index contributed by atoms with van der Waals surface area (Å²) in [6.45, 7) is 1.94. The summed E-state index contributed by atoms with van der Waals surface area (Å²) in [5.74, 6) is 0.657. The second kappa shape index (κ2) is 5.44. The van der Waals surface area contributed by atoms with Crippen molar-refractivity contribution in [1.29, 1.82) is 0 Å². The summed E-state index contributed by atoms with van der Waals surface area (Å²) in [6, 6.07) is 8.23. The molecule has 0 saturated heterocycles. The van der Waals surface area contributed by atoms with Gasteiger partial charge >= 0.3 is 0 Å². The quantitative estimate of drug-likeness (QED) is 0.854. The molecular formula is C12H13BrN2O3S. The molecule has 0 fully saturated rings. The van der Waals surface area contributed by atoms with Gasteiger partial charge in [-0.1, -0.05) is 21.1 Å². The zero-order valence-corrected chi connectivity index (χ0v) is 12.9. The third-order valence-electron chi connectivity index (χ3n) is 2.58. The topological polar surface area (TPSA) is 63.4 Å². The lowest BCUT2D eigenvalue weighted by Crippen LogP contribution is -2.26. The van der Waals surface area contributed by atoms with Crippen LogP contribution in [0.2, 0.25) is 0 Å². The van der Waals surface area contributed by atoms with Crippen molar-refractivity contribution in [3.8, 4) is 0 Å². The van der Waals surface area contributed by atoms with E-state index in [4.69, 9.17) is 4.52 Å². The van der Waals surface area contributed by atoms with E-state index >= 15 is 0 Å². The normalized spacial score (nSPS) is 12.0. The molecule has 1 heterocycles. The van der Waals surface area contributed by atoms with Gasteiger partial charge in [0.15, 0.2) is 0 Å². The van der Waals surface area contributed by atoms with Gasteiger partial charge in [0.1, 0.15) is 5.76 Å². The molecular weight excluding hydrogens is 332 g/mol. The highest BCUT2D eigenvalue weighted by Gasteiger charge is 2.21. The molecule has 2 rings (SSSR count). The first kappa shape index (κ1) is 14.2. The Labute approximate surface area is 120 Å². The van der Waals surface area contributed by atoms with Crippen molar-refractivity contribution in [3.05, 3.63) is 46.3 Å². The van der Waals surface area contributed by atoms with Gasteiger partial charge in [-0.05, 0) is 31.2 Å². The van der Waals surface area contributed by atoms with E-state index in [1.807, 2.05) is 0 Å². The number of rotatable bonds is 4. The van der Waals surface area contributed by atoms with Crippen molar-refractivity contribution < 1.29 is 12.9 Å². The summed E-state index contributed by atoms with van der Waals surface area (Å²) in [5.41, 5.74) is 0.584. The van der Waals surface area contributed by atoms with Crippen molar-refractivity contribution in [3.63, 3.8) is 0 Å². The maximum absolute atomic E-state index is 12.3. The lowest BCUT2D eigenvalue weighted by Gasteiger charge is -2.15. The van der Waals surface area contributed by atoms with Crippen LogP contribution in [-0.2, 0) is 16.6 Å². The molecule has 5 nitrogen and oxygen atoms in total. The van der Waals surface area contributed by atoms with Crippen LogP contribution in [-0.4, -0.2) is 24.9 Å². The Hall–Kier alpha value is -1.18. The van der Waals surface area contributed by atoms with E-state index in [1.165, 1.54) is 11.4 Å². The molecule has 1 aromatic heterocycles. The molecule has 7 heteroatoms. The SMILES string of the molecule is Cc1cc(CN(C)S(=O)(=O)c2ccc(Br)cc2)no1. The summed E-state index contributed by atoms with van der Waals surface area (Å²) >= 11 is 3.27. The van der Waals surface area contributed by atoms with Crippen LogP contribution in [0.25, 0.3) is 0 Å². The predicted molar refractivity (Wildman–Crippen MR) is 74.0 cm³/mol. The Kier molecular flexibility index (Phi) is 4.07. The van der Waals surface area contributed by atoms with Gasteiger partial charge in [0, 0.05) is 17.6 Å². The molecule has 2 aromatic rings. The summed E-state index contributed by atoms with van der Waals surface area (Å²) in [7, 11) is -2.00. The first-order valence-electron chi connectivity index (χ1n) is 5.54. The van der Waals surface area contributed by atoms with Gasteiger partial charge in [0.05, 0.1) is 17.1 Å². The summed E-state index contributed by atoms with van der Waals surface area (Å²) in [5, 5.41) is 3.79. The molecule has 19 heavy (non-hydrogen) atoms. The maximum atomic E-state index is 12.3. The fraction of sp³-hybridized carbons (Fsp3) is 0.250. The van der Waals surface area contributed by atoms with Crippen LogP contribution >= 0.6 is 15.9 Å². The Bertz CT molecular complexity index is 665. The molecule has 0 saturated carbocycles. The molecule has 0 radical (unpaired) electrons. The summed E-state index contributed by atoms with van der Waals surface area (Å²) in [4.78, 5) is 0.249. The number of hydrogen-bond acceptors (Lipinski definition) is 4. The first-order valence-corrected chi connectivity index (χ1v) is 7.77. The fourth-order valence-electron chi connectivity index (χ4n) is 1.59. The second-order valence-corrected chi connectivity index (χ2v) is 7.10. The molecule has 0 aliphatic rings. The molecule has 0 atom stereocenters. The number of aromatic nitrogens is 1. The fourth-order valence-corrected chi connectivity index (χ4v) is 3.00. The molecule has 0 aliphatic carbocycles. The second-order valence-electron chi connectivity index (χ2n) is 4.14. The van der Waals surface area contributed by atoms with E-state index in [0.717, 1.165) is 4.47 Å². The molecule has 1 aromatic carbocycles. The molecule has 0 amide bonds. The average Bonchev–Trinajstić information content (AvgIpc) is 2.75. The highest BCUT2D eigenvalue weighted by molar-refractivity contribution is 9.10. The Morgan fingerprint density at radius 1 is 1.32 bits per heavy atom. The number of hydrogen-bond donors (Lipinski definition) is 0. The Balaban J connectivity index is 2.21. The van der Waals surface area contributed by atoms with Crippen LogP contribution in [0.1, 0.15) is 11.5 Å². The number of aryl methyl sites for hydroxylation is 1. The average molecular weight is 345 g/mol. The highest BCUT2D eigenvalue weighted by atomic mass is 79.9. The van der Waals surface area contributed by atoms with Crippen molar-refractivity contribution in [2.24, 2.45) is 0 Å². The Morgan fingerprint density at radius 2 is 1.95 bits per heavy atom. The molecule has 0 aliphatic heterocycles. The molecule has 102 valence electrons. The third-order valence-corrected chi connectivity index (χ3v) is 4.93. The zero-order valence-electron chi connectivity index (χ0n) is 10.5. The molecule has 0 N–H and O–H groups in total. The zero-order chi connectivity index (χ0) is 14.0. The van der Waals surface area contributed by atoms with Gasteiger partial charge in [0.2, 0.25) is 10.0 Å². The number of halogens is 1. The highest BCUT2D eigenvalue weighted by Crippen LogP contribution is 2.19. The lowest BCUT2D eigenvalue weighted by molar-refractivity contribution is 0.378.